The minimum Gasteiger partial charge on any atom is -0.370 e. The van der Waals surface area contributed by atoms with Gasteiger partial charge in [-0.25, -0.2) is 4.98 Å². The van der Waals surface area contributed by atoms with Crippen molar-refractivity contribution in [2.24, 2.45) is 0 Å². The SMILES string of the molecule is CCCNc1cc(C(=O)Nc2cncc(C)c2)ccn1. The van der Waals surface area contributed by atoms with Crippen LogP contribution >= 0.6 is 0 Å². The Hall–Kier alpha value is -2.43. The van der Waals surface area contributed by atoms with Gasteiger partial charge in [-0.15, -0.1) is 0 Å². The Kier molecular flexibility index (Phi) is 4.65. The summed E-state index contributed by atoms with van der Waals surface area (Å²) in [5, 5.41) is 5.98. The molecule has 0 saturated heterocycles. The van der Waals surface area contributed by atoms with Gasteiger partial charge in [0.15, 0.2) is 0 Å². The highest BCUT2D eigenvalue weighted by atomic mass is 16.1. The highest BCUT2D eigenvalue weighted by Gasteiger charge is 2.07. The number of hydrogen-bond acceptors (Lipinski definition) is 4. The highest BCUT2D eigenvalue weighted by molar-refractivity contribution is 6.04. The van der Waals surface area contributed by atoms with Crippen molar-refractivity contribution < 1.29 is 4.79 Å². The van der Waals surface area contributed by atoms with Crippen molar-refractivity contribution in [3.8, 4) is 0 Å². The Labute approximate surface area is 118 Å². The van der Waals surface area contributed by atoms with Gasteiger partial charge in [-0.2, -0.15) is 0 Å². The Morgan fingerprint density at radius 3 is 2.90 bits per heavy atom. The van der Waals surface area contributed by atoms with Crippen LogP contribution < -0.4 is 10.6 Å². The lowest BCUT2D eigenvalue weighted by atomic mass is 10.2. The lowest BCUT2D eigenvalue weighted by molar-refractivity contribution is 0.102. The number of anilines is 2. The van der Waals surface area contributed by atoms with E-state index in [2.05, 4.69) is 27.5 Å². The van der Waals surface area contributed by atoms with Gasteiger partial charge < -0.3 is 10.6 Å². The predicted octanol–water partition coefficient (Wildman–Crippen LogP) is 2.86. The molecule has 1 amide bonds. The smallest absolute Gasteiger partial charge is 0.255 e. The summed E-state index contributed by atoms with van der Waals surface area (Å²) in [6, 6.07) is 5.31. The van der Waals surface area contributed by atoms with Crippen LogP contribution in [-0.2, 0) is 0 Å². The molecule has 104 valence electrons. The summed E-state index contributed by atoms with van der Waals surface area (Å²) in [5.74, 6) is 0.543. The molecule has 0 aliphatic rings. The van der Waals surface area contributed by atoms with Gasteiger partial charge in [0.2, 0.25) is 0 Å². The molecule has 0 unspecified atom stereocenters. The van der Waals surface area contributed by atoms with E-state index in [1.807, 2.05) is 13.0 Å². The highest BCUT2D eigenvalue weighted by Crippen LogP contribution is 2.12. The molecule has 0 saturated carbocycles. The van der Waals surface area contributed by atoms with Crippen molar-refractivity contribution >= 4 is 17.4 Å². The molecule has 0 radical (unpaired) electrons. The molecular formula is C15H18N4O. The lowest BCUT2D eigenvalue weighted by Crippen LogP contribution is -2.13. The lowest BCUT2D eigenvalue weighted by Gasteiger charge is -2.07. The van der Waals surface area contributed by atoms with Crippen molar-refractivity contribution in [2.45, 2.75) is 20.3 Å². The maximum atomic E-state index is 12.2. The molecule has 2 rings (SSSR count). The molecular weight excluding hydrogens is 252 g/mol. The van der Waals surface area contributed by atoms with Crippen LogP contribution in [0.25, 0.3) is 0 Å². The first-order chi connectivity index (χ1) is 9.69. The van der Waals surface area contributed by atoms with Crippen molar-refractivity contribution in [3.63, 3.8) is 0 Å². The van der Waals surface area contributed by atoms with Crippen LogP contribution in [0.5, 0.6) is 0 Å². The first kappa shape index (κ1) is 14.0. The third-order valence-electron chi connectivity index (χ3n) is 2.71. The van der Waals surface area contributed by atoms with Gasteiger partial charge in [-0.1, -0.05) is 6.92 Å². The summed E-state index contributed by atoms with van der Waals surface area (Å²) < 4.78 is 0. The Morgan fingerprint density at radius 1 is 1.30 bits per heavy atom. The molecule has 2 heterocycles. The number of carbonyl (C=O) groups excluding carboxylic acids is 1. The van der Waals surface area contributed by atoms with E-state index in [1.165, 1.54) is 0 Å². The fourth-order valence-corrected chi connectivity index (χ4v) is 1.75. The Bertz CT molecular complexity index is 598. The van der Waals surface area contributed by atoms with Crippen molar-refractivity contribution in [1.29, 1.82) is 0 Å². The zero-order chi connectivity index (χ0) is 14.4. The van der Waals surface area contributed by atoms with E-state index < -0.39 is 0 Å². The summed E-state index contributed by atoms with van der Waals surface area (Å²) in [6.07, 6.45) is 6.01. The van der Waals surface area contributed by atoms with E-state index in [1.54, 1.807) is 30.7 Å². The van der Waals surface area contributed by atoms with Crippen molar-refractivity contribution in [1.82, 2.24) is 9.97 Å². The quantitative estimate of drug-likeness (QED) is 0.876. The maximum Gasteiger partial charge on any atom is 0.255 e. The molecule has 0 aliphatic heterocycles. The Balaban J connectivity index is 2.09. The number of amides is 1. The average Bonchev–Trinajstić information content (AvgIpc) is 2.45. The van der Waals surface area contributed by atoms with Crippen molar-refractivity contribution in [3.05, 3.63) is 47.9 Å². The summed E-state index contributed by atoms with van der Waals surface area (Å²) in [6.45, 7) is 4.84. The fraction of sp³-hybridized carbons (Fsp3) is 0.267. The van der Waals surface area contributed by atoms with Crippen LogP contribution in [0.15, 0.2) is 36.8 Å². The largest absolute Gasteiger partial charge is 0.370 e. The molecule has 0 aliphatic carbocycles. The zero-order valence-electron chi connectivity index (χ0n) is 11.7. The minimum atomic E-state index is -0.167. The van der Waals surface area contributed by atoms with Gasteiger partial charge in [-0.3, -0.25) is 9.78 Å². The molecule has 5 nitrogen and oxygen atoms in total. The molecule has 0 spiro atoms. The maximum absolute atomic E-state index is 12.2. The summed E-state index contributed by atoms with van der Waals surface area (Å²) in [4.78, 5) is 20.4. The second-order valence-electron chi connectivity index (χ2n) is 4.56. The third-order valence-corrected chi connectivity index (χ3v) is 2.71. The number of pyridine rings is 2. The number of rotatable bonds is 5. The van der Waals surface area contributed by atoms with Gasteiger partial charge in [-0.05, 0) is 37.1 Å². The van der Waals surface area contributed by atoms with Gasteiger partial charge >= 0.3 is 0 Å². The molecule has 5 heteroatoms. The normalized spacial score (nSPS) is 10.1. The van der Waals surface area contributed by atoms with E-state index in [-0.39, 0.29) is 5.91 Å². The third kappa shape index (κ3) is 3.78. The first-order valence-corrected chi connectivity index (χ1v) is 6.62. The average molecular weight is 270 g/mol. The van der Waals surface area contributed by atoms with Crippen molar-refractivity contribution in [2.75, 3.05) is 17.2 Å². The Morgan fingerprint density at radius 2 is 2.15 bits per heavy atom. The van der Waals surface area contributed by atoms with E-state index in [4.69, 9.17) is 0 Å². The molecule has 2 aromatic heterocycles. The number of aromatic nitrogens is 2. The van der Waals surface area contributed by atoms with Crippen LogP contribution in [0.2, 0.25) is 0 Å². The monoisotopic (exact) mass is 270 g/mol. The van der Waals surface area contributed by atoms with Gasteiger partial charge in [0.1, 0.15) is 5.82 Å². The van der Waals surface area contributed by atoms with E-state index in [9.17, 15) is 4.79 Å². The number of nitrogens with zero attached hydrogens (tertiary/aromatic N) is 2. The van der Waals surface area contributed by atoms with Crippen LogP contribution in [0.4, 0.5) is 11.5 Å². The van der Waals surface area contributed by atoms with Gasteiger partial charge in [0, 0.05) is 24.5 Å². The van der Waals surface area contributed by atoms with Crippen LogP contribution in [-0.4, -0.2) is 22.4 Å². The fourth-order valence-electron chi connectivity index (χ4n) is 1.75. The van der Waals surface area contributed by atoms with E-state index in [0.29, 0.717) is 17.1 Å². The molecule has 2 aromatic rings. The van der Waals surface area contributed by atoms with Crippen LogP contribution in [0.3, 0.4) is 0 Å². The van der Waals surface area contributed by atoms with E-state index >= 15 is 0 Å². The molecule has 0 aromatic carbocycles. The van der Waals surface area contributed by atoms with Gasteiger partial charge in [0.25, 0.3) is 5.91 Å². The summed E-state index contributed by atoms with van der Waals surface area (Å²) in [7, 11) is 0. The number of carbonyl (C=O) groups is 1. The van der Waals surface area contributed by atoms with Crippen LogP contribution in [0, 0.1) is 6.92 Å². The van der Waals surface area contributed by atoms with Crippen LogP contribution in [0.1, 0.15) is 29.3 Å². The predicted molar refractivity (Wildman–Crippen MR) is 79.9 cm³/mol. The van der Waals surface area contributed by atoms with E-state index in [0.717, 1.165) is 18.5 Å². The topological polar surface area (TPSA) is 66.9 Å². The number of nitrogens with one attached hydrogen (secondary N) is 2. The first-order valence-electron chi connectivity index (χ1n) is 6.62. The van der Waals surface area contributed by atoms with Gasteiger partial charge in [0.05, 0.1) is 11.9 Å². The molecule has 20 heavy (non-hydrogen) atoms. The molecule has 2 N–H and O–H groups in total. The number of aryl methyl sites for hydroxylation is 1. The summed E-state index contributed by atoms with van der Waals surface area (Å²) >= 11 is 0. The molecule has 0 atom stereocenters. The molecule has 0 fully saturated rings. The number of hydrogen-bond donors (Lipinski definition) is 2. The molecule has 0 bridgehead atoms. The second-order valence-corrected chi connectivity index (χ2v) is 4.56. The zero-order valence-corrected chi connectivity index (χ0v) is 11.7. The minimum absolute atomic E-state index is 0.167. The summed E-state index contributed by atoms with van der Waals surface area (Å²) in [5.41, 5.74) is 2.26. The second kappa shape index (κ2) is 6.65. The standard InChI is InChI=1S/C15H18N4O/c1-3-5-17-14-8-12(4-6-18-14)15(20)19-13-7-11(2)9-16-10-13/h4,6-10H,3,5H2,1-2H3,(H,17,18)(H,19,20).